The lowest BCUT2D eigenvalue weighted by molar-refractivity contribution is -0.121. The maximum absolute atomic E-state index is 12.3. The van der Waals surface area contributed by atoms with Gasteiger partial charge in [0.25, 0.3) is 5.56 Å². The molecule has 1 aliphatic rings. The Morgan fingerprint density at radius 3 is 2.12 bits per heavy atom. The first-order valence-corrected chi connectivity index (χ1v) is 18.0. The van der Waals surface area contributed by atoms with E-state index in [9.17, 15) is 24.3 Å². The second-order valence-corrected chi connectivity index (χ2v) is 12.5. The van der Waals surface area contributed by atoms with Crippen molar-refractivity contribution in [3.8, 4) is 0 Å². The Morgan fingerprint density at radius 1 is 0.981 bits per heavy atom. The highest BCUT2D eigenvalue weighted by Gasteiger charge is 2.38. The molecule has 1 aromatic rings. The molecule has 2 rings (SSSR count). The molecule has 2 heterocycles. The number of carbonyl (C=O) groups excluding carboxylic acids is 1. The Labute approximate surface area is 306 Å². The maximum atomic E-state index is 12.3. The van der Waals surface area contributed by atoms with Crippen LogP contribution in [-0.4, -0.2) is 88.4 Å². The fourth-order valence-corrected chi connectivity index (χ4v) is 5.25. The summed E-state index contributed by atoms with van der Waals surface area (Å²) < 4.78 is 7.18. The van der Waals surface area contributed by atoms with E-state index in [4.69, 9.17) is 10.3 Å². The molecule has 2 amide bonds. The number of amides is 2. The second-order valence-electron chi connectivity index (χ2n) is 12.5. The number of ether oxygens (including phenoxy) is 1. The number of carbonyl (C=O) groups is 2. The van der Waals surface area contributed by atoms with Crippen LogP contribution in [0.25, 0.3) is 10.4 Å². The molecule has 3 atom stereocenters. The highest BCUT2D eigenvalue weighted by molar-refractivity contribution is 5.75. The number of aromatic amines is 1. The van der Waals surface area contributed by atoms with Crippen molar-refractivity contribution in [2.45, 2.75) is 90.0 Å². The quantitative estimate of drug-likeness (QED) is 0.0483. The fraction of sp³-hybridized carbons (Fsp3) is 0.526. The summed E-state index contributed by atoms with van der Waals surface area (Å²) in [4.78, 5) is 56.6. The molecule has 3 N–H and O–H groups in total. The van der Waals surface area contributed by atoms with Gasteiger partial charge in [-0.25, -0.2) is 9.59 Å². The molecule has 52 heavy (non-hydrogen) atoms. The van der Waals surface area contributed by atoms with Gasteiger partial charge in [0.05, 0.1) is 18.7 Å². The predicted octanol–water partition coefficient (Wildman–Crippen LogP) is 6.32. The van der Waals surface area contributed by atoms with Gasteiger partial charge in [-0.05, 0) is 64.4 Å². The van der Waals surface area contributed by atoms with Crippen LogP contribution in [0, 0.1) is 6.92 Å². The SMILES string of the molecule is CC/C=C\C/C=C\C/C=C\C/C=C\C/C=C\C/C=C\CCC(=O)NCCN(C)CCN(C[C@@H]1O[C@H](n2cc(C)c(=O)[nH]c2=O)C[C@@H]1N=[N+]=[N-])C(=O)O. The van der Waals surface area contributed by atoms with Crippen LogP contribution < -0.4 is 16.6 Å². The van der Waals surface area contributed by atoms with Gasteiger partial charge in [0.15, 0.2) is 0 Å². The van der Waals surface area contributed by atoms with E-state index in [1.165, 1.54) is 15.7 Å². The van der Waals surface area contributed by atoms with Crippen LogP contribution in [0.5, 0.6) is 0 Å². The van der Waals surface area contributed by atoms with Crippen molar-refractivity contribution in [1.29, 1.82) is 0 Å². The Balaban J connectivity index is 1.61. The second kappa shape index (κ2) is 26.0. The molecule has 0 spiro atoms. The summed E-state index contributed by atoms with van der Waals surface area (Å²) >= 11 is 0. The Morgan fingerprint density at radius 2 is 1.56 bits per heavy atom. The molecular weight excluding hydrogens is 664 g/mol. The number of rotatable bonds is 24. The minimum Gasteiger partial charge on any atom is -0.465 e. The first-order chi connectivity index (χ1) is 25.2. The molecular formula is C38H56N8O6. The van der Waals surface area contributed by atoms with Gasteiger partial charge in [-0.2, -0.15) is 0 Å². The molecule has 0 aliphatic carbocycles. The smallest absolute Gasteiger partial charge is 0.407 e. The highest BCUT2D eigenvalue weighted by atomic mass is 16.5. The first-order valence-electron chi connectivity index (χ1n) is 18.0. The van der Waals surface area contributed by atoms with Crippen LogP contribution in [0.15, 0.2) is 93.8 Å². The van der Waals surface area contributed by atoms with Gasteiger partial charge in [0.1, 0.15) is 6.23 Å². The van der Waals surface area contributed by atoms with Gasteiger partial charge >= 0.3 is 11.8 Å². The molecule has 0 aromatic carbocycles. The van der Waals surface area contributed by atoms with E-state index in [0.717, 1.165) is 38.5 Å². The fourth-order valence-electron chi connectivity index (χ4n) is 5.25. The van der Waals surface area contributed by atoms with Gasteiger partial charge < -0.3 is 25.0 Å². The normalized spacial score (nSPS) is 17.9. The number of allylic oxidation sites excluding steroid dienone is 12. The molecule has 0 unspecified atom stereocenters. The summed E-state index contributed by atoms with van der Waals surface area (Å²) in [6, 6.07) is -0.711. The third-order valence-corrected chi connectivity index (χ3v) is 8.23. The van der Waals surface area contributed by atoms with Crippen LogP contribution in [-0.2, 0) is 9.53 Å². The number of likely N-dealkylation sites (N-methyl/N-ethyl adjacent to an activating group) is 1. The average molecular weight is 721 g/mol. The topological polar surface area (TPSA) is 186 Å². The molecule has 0 saturated carbocycles. The van der Waals surface area contributed by atoms with E-state index in [-0.39, 0.29) is 25.4 Å². The lowest BCUT2D eigenvalue weighted by atomic mass is 10.1. The minimum absolute atomic E-state index is 0.0473. The standard InChI is InChI=1S/C38H56N8O6/c1-4-5-6-7-8-9-10-11-12-13-14-15-16-17-18-19-20-21-22-23-34(47)40-24-25-44(3)26-27-45(38(50)51)30-33-32(42-43-39)28-35(52-33)46-29-31(2)36(48)41-37(46)49/h5-6,8-9,11-12,14-15,17-18,20-21,29,32-33,35H,4,7,10,13,16,19,22-28,30H2,1-3H3,(H,40,47)(H,50,51)(H,41,48,49)/b6-5-,9-8-,12-11-,15-14-,18-17-,21-20-/t32-,33-,35-/m0/s1. The van der Waals surface area contributed by atoms with Crippen molar-refractivity contribution in [3.63, 3.8) is 0 Å². The molecule has 1 aromatic heterocycles. The van der Waals surface area contributed by atoms with Crippen molar-refractivity contribution in [2.24, 2.45) is 5.11 Å². The van der Waals surface area contributed by atoms with E-state index in [0.29, 0.717) is 38.0 Å². The lowest BCUT2D eigenvalue weighted by Gasteiger charge is -2.27. The zero-order chi connectivity index (χ0) is 38.0. The first kappa shape index (κ1) is 43.3. The zero-order valence-electron chi connectivity index (χ0n) is 30.8. The number of nitrogens with one attached hydrogen (secondary N) is 2. The van der Waals surface area contributed by atoms with Gasteiger partial charge in [0.2, 0.25) is 5.91 Å². The number of aromatic nitrogens is 2. The van der Waals surface area contributed by atoms with Crippen molar-refractivity contribution in [3.05, 3.63) is 116 Å². The van der Waals surface area contributed by atoms with E-state index >= 15 is 0 Å². The number of hydrogen-bond donors (Lipinski definition) is 3. The number of carboxylic acid groups (broad SMARTS) is 1. The zero-order valence-corrected chi connectivity index (χ0v) is 30.8. The summed E-state index contributed by atoms with van der Waals surface area (Å²) in [6.07, 6.45) is 31.2. The van der Waals surface area contributed by atoms with Gasteiger partial charge in [-0.3, -0.25) is 19.1 Å². The van der Waals surface area contributed by atoms with Crippen LogP contribution in [0.3, 0.4) is 0 Å². The van der Waals surface area contributed by atoms with Crippen LogP contribution >= 0.6 is 0 Å². The summed E-state index contributed by atoms with van der Waals surface area (Å²) in [7, 11) is 1.83. The van der Waals surface area contributed by atoms with E-state index in [1.54, 1.807) is 6.92 Å². The van der Waals surface area contributed by atoms with Crippen LogP contribution in [0.2, 0.25) is 0 Å². The summed E-state index contributed by atoms with van der Waals surface area (Å²) in [5.74, 6) is -0.0473. The molecule has 1 saturated heterocycles. The molecule has 1 fully saturated rings. The van der Waals surface area contributed by atoms with Crippen molar-refractivity contribution < 1.29 is 19.4 Å². The molecule has 0 bridgehead atoms. The Hall–Kier alpha value is -4.91. The minimum atomic E-state index is -1.17. The van der Waals surface area contributed by atoms with Crippen LogP contribution in [0.1, 0.15) is 76.5 Å². The van der Waals surface area contributed by atoms with E-state index in [2.05, 4.69) is 94.1 Å². The van der Waals surface area contributed by atoms with Gasteiger partial charge in [-0.1, -0.05) is 85.0 Å². The summed E-state index contributed by atoms with van der Waals surface area (Å²) in [5, 5.41) is 16.5. The largest absolute Gasteiger partial charge is 0.465 e. The summed E-state index contributed by atoms with van der Waals surface area (Å²) in [6.45, 7) is 5.09. The van der Waals surface area contributed by atoms with Crippen LogP contribution in [0.4, 0.5) is 4.79 Å². The Kier molecular flexibility index (Phi) is 21.6. The Bertz CT molecular complexity index is 1580. The molecule has 284 valence electrons. The van der Waals surface area contributed by atoms with E-state index in [1.807, 2.05) is 18.0 Å². The monoisotopic (exact) mass is 720 g/mol. The predicted molar refractivity (Wildman–Crippen MR) is 205 cm³/mol. The highest BCUT2D eigenvalue weighted by Crippen LogP contribution is 2.30. The number of H-pyrrole nitrogens is 1. The van der Waals surface area contributed by atoms with Crippen molar-refractivity contribution in [2.75, 3.05) is 39.8 Å². The molecule has 14 heteroatoms. The molecule has 1 aliphatic heterocycles. The number of aryl methyl sites for hydroxylation is 1. The van der Waals surface area contributed by atoms with Crippen molar-refractivity contribution >= 4 is 12.0 Å². The van der Waals surface area contributed by atoms with Gasteiger partial charge in [-0.15, -0.1) is 0 Å². The van der Waals surface area contributed by atoms with E-state index < -0.39 is 35.7 Å². The maximum Gasteiger partial charge on any atom is 0.407 e. The molecule has 14 nitrogen and oxygen atoms in total. The number of hydrogen-bond acceptors (Lipinski definition) is 7. The van der Waals surface area contributed by atoms with Crippen molar-refractivity contribution in [1.82, 2.24) is 24.7 Å². The number of azide groups is 1. The average Bonchev–Trinajstić information content (AvgIpc) is 3.50. The summed E-state index contributed by atoms with van der Waals surface area (Å²) in [5.41, 5.74) is 8.18. The number of nitrogens with zero attached hydrogens (tertiary/aromatic N) is 6. The van der Waals surface area contributed by atoms with Gasteiger partial charge in [0, 0.05) is 55.7 Å². The molecule has 0 radical (unpaired) electrons. The third-order valence-electron chi connectivity index (χ3n) is 8.23. The lowest BCUT2D eigenvalue weighted by Crippen LogP contribution is -2.44. The third kappa shape index (κ3) is 17.8.